The van der Waals surface area contributed by atoms with Crippen LogP contribution in [0.1, 0.15) is 32.1 Å². The number of amides is 1. The van der Waals surface area contributed by atoms with Gasteiger partial charge in [0.25, 0.3) is 0 Å². The lowest BCUT2D eigenvalue weighted by Crippen LogP contribution is -2.59. The van der Waals surface area contributed by atoms with Crippen molar-refractivity contribution in [3.63, 3.8) is 0 Å². The Labute approximate surface area is 178 Å². The molecule has 2 N–H and O–H groups in total. The molecule has 1 aromatic heterocycles. The van der Waals surface area contributed by atoms with E-state index in [0.717, 1.165) is 43.5 Å². The first-order valence-electron chi connectivity index (χ1n) is 10.2. The molecule has 1 fully saturated rings. The molecule has 1 amide bonds. The van der Waals surface area contributed by atoms with Crippen LogP contribution in [0.5, 0.6) is 0 Å². The van der Waals surface area contributed by atoms with Gasteiger partial charge in [-0.3, -0.25) is 4.79 Å². The summed E-state index contributed by atoms with van der Waals surface area (Å²) in [5.74, 6) is 0.0814. The number of anilines is 1. The van der Waals surface area contributed by atoms with Gasteiger partial charge in [0.1, 0.15) is 11.1 Å². The summed E-state index contributed by atoms with van der Waals surface area (Å²) in [6.07, 6.45) is 4.95. The highest BCUT2D eigenvalue weighted by Gasteiger charge is 2.49. The third-order valence-electron chi connectivity index (χ3n) is 5.84. The molecule has 1 aliphatic carbocycles. The molecule has 1 spiro atoms. The molecule has 8 heteroatoms. The van der Waals surface area contributed by atoms with Crippen LogP contribution in [0.15, 0.2) is 59.8 Å². The van der Waals surface area contributed by atoms with Crippen molar-refractivity contribution in [2.45, 2.75) is 48.0 Å². The first-order chi connectivity index (χ1) is 14.7. The fraction of sp³-hybridized carbons (Fsp3) is 0.318. The van der Waals surface area contributed by atoms with E-state index in [-0.39, 0.29) is 11.6 Å². The summed E-state index contributed by atoms with van der Waals surface area (Å²) in [4.78, 5) is 13.3. The maximum atomic E-state index is 14.1. The highest BCUT2D eigenvalue weighted by molar-refractivity contribution is 8.00. The summed E-state index contributed by atoms with van der Waals surface area (Å²) in [5.41, 5.74) is 4.34. The number of nitrogens with one attached hydrogen (secondary N) is 2. The molecule has 6 nitrogen and oxygen atoms in total. The maximum absolute atomic E-state index is 14.1. The fourth-order valence-corrected chi connectivity index (χ4v) is 5.56. The predicted octanol–water partition coefficient (Wildman–Crippen LogP) is 4.44. The summed E-state index contributed by atoms with van der Waals surface area (Å²) in [6.45, 7) is 0. The van der Waals surface area contributed by atoms with Crippen molar-refractivity contribution in [1.29, 1.82) is 0 Å². The van der Waals surface area contributed by atoms with Crippen molar-refractivity contribution in [2.24, 2.45) is 0 Å². The van der Waals surface area contributed by atoms with E-state index in [1.165, 1.54) is 17.8 Å². The SMILES string of the molecule is O=C(Nc1ccccc1F)[C@@H]1Sc2nnc(-c3ccccc3)n2NC12CCCCC2. The molecule has 3 aromatic rings. The molecule has 2 aromatic carbocycles. The van der Waals surface area contributed by atoms with Gasteiger partial charge in [-0.15, -0.1) is 10.2 Å². The number of carbonyl (C=O) groups excluding carboxylic acids is 1. The molecule has 2 aliphatic rings. The Balaban J connectivity index is 1.50. The first kappa shape index (κ1) is 19.1. The second-order valence-electron chi connectivity index (χ2n) is 7.80. The smallest absolute Gasteiger partial charge is 0.240 e. The fourth-order valence-electron chi connectivity index (χ4n) is 4.34. The van der Waals surface area contributed by atoms with E-state index in [1.54, 1.807) is 18.2 Å². The maximum Gasteiger partial charge on any atom is 0.240 e. The number of hydrogen-bond acceptors (Lipinski definition) is 5. The van der Waals surface area contributed by atoms with Gasteiger partial charge in [0.15, 0.2) is 5.82 Å². The van der Waals surface area contributed by atoms with Crippen LogP contribution in [0.4, 0.5) is 10.1 Å². The topological polar surface area (TPSA) is 71.8 Å². The van der Waals surface area contributed by atoms with Crippen LogP contribution in [0.2, 0.25) is 0 Å². The van der Waals surface area contributed by atoms with Crippen molar-refractivity contribution in [3.8, 4) is 11.4 Å². The van der Waals surface area contributed by atoms with E-state index < -0.39 is 16.6 Å². The van der Waals surface area contributed by atoms with Gasteiger partial charge >= 0.3 is 0 Å². The lowest BCUT2D eigenvalue weighted by Gasteiger charge is -2.46. The van der Waals surface area contributed by atoms with E-state index in [2.05, 4.69) is 20.9 Å². The summed E-state index contributed by atoms with van der Waals surface area (Å²) in [7, 11) is 0. The Hall–Kier alpha value is -2.87. The van der Waals surface area contributed by atoms with Gasteiger partial charge in [0, 0.05) is 5.56 Å². The average Bonchev–Trinajstić information content (AvgIpc) is 3.18. The second-order valence-corrected chi connectivity index (χ2v) is 8.88. The van der Waals surface area contributed by atoms with Crippen LogP contribution in [-0.4, -0.2) is 31.6 Å². The van der Waals surface area contributed by atoms with E-state index in [4.69, 9.17) is 0 Å². The minimum Gasteiger partial charge on any atom is -0.323 e. The van der Waals surface area contributed by atoms with Crippen molar-refractivity contribution in [2.75, 3.05) is 10.7 Å². The van der Waals surface area contributed by atoms with E-state index in [1.807, 2.05) is 35.0 Å². The lowest BCUT2D eigenvalue weighted by molar-refractivity contribution is -0.117. The van der Waals surface area contributed by atoms with Gasteiger partial charge in [0.2, 0.25) is 11.1 Å². The standard InChI is InChI=1S/C22H22FN5OS/c23-16-11-5-6-12-17(16)24-20(29)18-22(13-7-2-8-14-22)27-28-19(25-26-21(28)30-18)15-9-3-1-4-10-15/h1,3-6,9-12,18,27H,2,7-8,13-14H2,(H,24,29)/t18-/m0/s1. The van der Waals surface area contributed by atoms with Crippen molar-refractivity contribution in [1.82, 2.24) is 14.9 Å². The number of nitrogens with zero attached hydrogens (tertiary/aromatic N) is 3. The van der Waals surface area contributed by atoms with E-state index >= 15 is 0 Å². The Morgan fingerprint density at radius 3 is 2.57 bits per heavy atom. The molecule has 2 heterocycles. The van der Waals surface area contributed by atoms with Gasteiger partial charge in [-0.2, -0.15) is 0 Å². The molecular weight excluding hydrogens is 401 g/mol. The third kappa shape index (κ3) is 3.35. The Bertz CT molecular complexity index is 1060. The number of para-hydroxylation sites is 1. The number of rotatable bonds is 3. The van der Waals surface area contributed by atoms with Gasteiger partial charge in [-0.25, -0.2) is 9.07 Å². The van der Waals surface area contributed by atoms with Crippen molar-refractivity contribution >= 4 is 23.4 Å². The van der Waals surface area contributed by atoms with Crippen LogP contribution in [0.25, 0.3) is 11.4 Å². The molecule has 1 aliphatic heterocycles. The first-order valence-corrected chi connectivity index (χ1v) is 11.1. The Kier molecular flexibility index (Phi) is 4.94. The normalized spacial score (nSPS) is 19.7. The van der Waals surface area contributed by atoms with Crippen molar-refractivity contribution in [3.05, 3.63) is 60.4 Å². The lowest BCUT2D eigenvalue weighted by atomic mass is 9.79. The van der Waals surface area contributed by atoms with Gasteiger partial charge < -0.3 is 10.7 Å². The molecule has 0 radical (unpaired) electrons. The second kappa shape index (κ2) is 7.75. The number of hydrogen-bond donors (Lipinski definition) is 2. The number of halogens is 1. The minimum atomic E-state index is -0.438. The summed E-state index contributed by atoms with van der Waals surface area (Å²) in [6, 6.07) is 16.1. The summed E-state index contributed by atoms with van der Waals surface area (Å²) in [5, 5.41) is 11.7. The highest BCUT2D eigenvalue weighted by atomic mass is 32.2. The number of aromatic nitrogens is 3. The Morgan fingerprint density at radius 1 is 1.07 bits per heavy atom. The zero-order chi connectivity index (χ0) is 20.6. The molecule has 0 bridgehead atoms. The molecule has 0 saturated heterocycles. The van der Waals surface area contributed by atoms with Crippen LogP contribution >= 0.6 is 11.8 Å². The summed E-state index contributed by atoms with van der Waals surface area (Å²) < 4.78 is 16.0. The largest absolute Gasteiger partial charge is 0.323 e. The average molecular weight is 424 g/mol. The van der Waals surface area contributed by atoms with Crippen molar-refractivity contribution < 1.29 is 9.18 Å². The summed E-state index contributed by atoms with van der Waals surface area (Å²) >= 11 is 1.40. The van der Waals surface area contributed by atoms with Gasteiger partial charge in [0.05, 0.1) is 11.2 Å². The predicted molar refractivity (Wildman–Crippen MR) is 115 cm³/mol. The van der Waals surface area contributed by atoms with Gasteiger partial charge in [-0.05, 0) is 25.0 Å². The Morgan fingerprint density at radius 2 is 1.80 bits per heavy atom. The van der Waals surface area contributed by atoms with Crippen LogP contribution in [-0.2, 0) is 4.79 Å². The van der Waals surface area contributed by atoms with Crippen LogP contribution in [0.3, 0.4) is 0 Å². The zero-order valence-electron chi connectivity index (χ0n) is 16.3. The number of thioether (sulfide) groups is 1. The molecule has 0 unspecified atom stereocenters. The number of fused-ring (bicyclic) bond motifs is 1. The molecular formula is C22H22FN5OS. The third-order valence-corrected chi connectivity index (χ3v) is 7.22. The monoisotopic (exact) mass is 423 g/mol. The minimum absolute atomic E-state index is 0.200. The van der Waals surface area contributed by atoms with Crippen LogP contribution < -0.4 is 10.7 Å². The van der Waals surface area contributed by atoms with Gasteiger partial charge in [-0.1, -0.05) is 73.5 Å². The highest BCUT2D eigenvalue weighted by Crippen LogP contribution is 2.44. The molecule has 5 rings (SSSR count). The quantitative estimate of drug-likeness (QED) is 0.652. The van der Waals surface area contributed by atoms with E-state index in [9.17, 15) is 9.18 Å². The molecule has 1 atom stereocenters. The molecule has 154 valence electrons. The number of benzene rings is 2. The van der Waals surface area contributed by atoms with E-state index in [0.29, 0.717) is 5.16 Å². The molecule has 1 saturated carbocycles. The molecule has 30 heavy (non-hydrogen) atoms. The number of carbonyl (C=O) groups is 1. The zero-order valence-corrected chi connectivity index (χ0v) is 17.2. The van der Waals surface area contributed by atoms with Crippen LogP contribution in [0, 0.1) is 5.82 Å².